The second kappa shape index (κ2) is 8.27. The zero-order chi connectivity index (χ0) is 22.2. The van der Waals surface area contributed by atoms with Crippen molar-refractivity contribution in [1.82, 2.24) is 4.31 Å². The summed E-state index contributed by atoms with van der Waals surface area (Å²) in [5.41, 5.74) is 1.39. The minimum absolute atomic E-state index is 0.0208. The summed E-state index contributed by atoms with van der Waals surface area (Å²) in [5.74, 6) is -1.18. The van der Waals surface area contributed by atoms with Gasteiger partial charge in [-0.25, -0.2) is 12.8 Å². The third-order valence-corrected chi connectivity index (χ3v) is 7.28. The van der Waals surface area contributed by atoms with E-state index in [1.165, 1.54) is 40.7 Å². The quantitative estimate of drug-likeness (QED) is 0.749. The van der Waals surface area contributed by atoms with Crippen LogP contribution in [0.5, 0.6) is 5.75 Å². The van der Waals surface area contributed by atoms with Crippen LogP contribution in [-0.2, 0) is 19.6 Å². The van der Waals surface area contributed by atoms with Gasteiger partial charge in [0.2, 0.25) is 15.9 Å². The van der Waals surface area contributed by atoms with Gasteiger partial charge in [-0.2, -0.15) is 4.31 Å². The molecular weight excluding hydrogens is 425 g/mol. The summed E-state index contributed by atoms with van der Waals surface area (Å²) in [5, 5.41) is 5.37. The maximum absolute atomic E-state index is 13.3. The largest absolute Gasteiger partial charge is 0.482 e. The Morgan fingerprint density at radius 3 is 2.84 bits per heavy atom. The summed E-state index contributed by atoms with van der Waals surface area (Å²) in [6.45, 7) is 1.90. The number of anilines is 2. The lowest BCUT2D eigenvalue weighted by molar-refractivity contribution is -0.121. The maximum atomic E-state index is 13.3. The summed E-state index contributed by atoms with van der Waals surface area (Å²) >= 11 is 0. The molecule has 1 atom stereocenters. The summed E-state index contributed by atoms with van der Waals surface area (Å²) in [7, 11) is -3.87. The van der Waals surface area contributed by atoms with Gasteiger partial charge in [0.25, 0.3) is 5.91 Å². The number of carbonyl (C=O) groups is 2. The van der Waals surface area contributed by atoms with Crippen LogP contribution in [0.2, 0.25) is 0 Å². The first-order chi connectivity index (χ1) is 14.7. The predicted molar refractivity (Wildman–Crippen MR) is 112 cm³/mol. The van der Waals surface area contributed by atoms with Gasteiger partial charge in [0, 0.05) is 18.8 Å². The molecular formula is C21H22FN3O5S. The van der Waals surface area contributed by atoms with E-state index in [9.17, 15) is 22.4 Å². The number of halogens is 1. The number of nitrogens with zero attached hydrogens (tertiary/aromatic N) is 1. The van der Waals surface area contributed by atoms with Crippen molar-refractivity contribution in [2.45, 2.75) is 24.7 Å². The molecule has 164 valence electrons. The van der Waals surface area contributed by atoms with Gasteiger partial charge in [-0.05, 0) is 61.7 Å². The molecule has 0 aromatic heterocycles. The molecule has 2 aliphatic heterocycles. The number of benzene rings is 2. The highest BCUT2D eigenvalue weighted by atomic mass is 32.2. The first kappa shape index (κ1) is 21.3. The van der Waals surface area contributed by atoms with Gasteiger partial charge in [0.1, 0.15) is 11.6 Å². The van der Waals surface area contributed by atoms with Crippen molar-refractivity contribution in [2.24, 2.45) is 5.92 Å². The molecule has 0 saturated carbocycles. The van der Waals surface area contributed by atoms with Crippen LogP contribution in [0.1, 0.15) is 18.4 Å². The highest BCUT2D eigenvalue weighted by Crippen LogP contribution is 2.32. The van der Waals surface area contributed by atoms with Gasteiger partial charge in [-0.3, -0.25) is 9.59 Å². The van der Waals surface area contributed by atoms with Crippen molar-refractivity contribution in [2.75, 3.05) is 30.3 Å². The Morgan fingerprint density at radius 1 is 1.26 bits per heavy atom. The Labute approximate surface area is 179 Å². The highest BCUT2D eigenvalue weighted by molar-refractivity contribution is 7.89. The molecule has 2 aromatic carbocycles. The van der Waals surface area contributed by atoms with Gasteiger partial charge < -0.3 is 15.4 Å². The SMILES string of the molecule is Cc1cc(F)ccc1NC(=O)C1CCCN(S(=O)(=O)c2ccc3c(c2)NC(=O)CO3)C1. The van der Waals surface area contributed by atoms with Crippen LogP contribution in [0.25, 0.3) is 0 Å². The predicted octanol–water partition coefficient (Wildman–Crippen LogP) is 2.50. The minimum Gasteiger partial charge on any atom is -0.482 e. The van der Waals surface area contributed by atoms with Crippen molar-refractivity contribution < 1.29 is 27.1 Å². The van der Waals surface area contributed by atoms with Crippen molar-refractivity contribution in [3.63, 3.8) is 0 Å². The van der Waals surface area contributed by atoms with E-state index in [1.807, 2.05) is 0 Å². The van der Waals surface area contributed by atoms with Crippen LogP contribution in [0, 0.1) is 18.7 Å². The number of fused-ring (bicyclic) bond motifs is 1. The van der Waals surface area contributed by atoms with Crippen molar-refractivity contribution >= 4 is 33.2 Å². The fraction of sp³-hybridized carbons (Fsp3) is 0.333. The molecule has 2 aliphatic rings. The van der Waals surface area contributed by atoms with E-state index in [0.29, 0.717) is 42.1 Å². The number of aryl methyl sites for hydroxylation is 1. The molecule has 2 aromatic rings. The Hall–Kier alpha value is -2.98. The fourth-order valence-corrected chi connectivity index (χ4v) is 5.30. The van der Waals surface area contributed by atoms with E-state index in [1.54, 1.807) is 6.92 Å². The average molecular weight is 447 g/mol. The average Bonchev–Trinajstić information content (AvgIpc) is 2.75. The van der Waals surface area contributed by atoms with Gasteiger partial charge in [0.05, 0.1) is 16.5 Å². The van der Waals surface area contributed by atoms with E-state index >= 15 is 0 Å². The van der Waals surface area contributed by atoms with Gasteiger partial charge in [-0.15, -0.1) is 0 Å². The molecule has 1 fully saturated rings. The van der Waals surface area contributed by atoms with E-state index in [2.05, 4.69) is 10.6 Å². The van der Waals surface area contributed by atoms with E-state index in [0.717, 1.165) is 0 Å². The molecule has 1 unspecified atom stereocenters. The second-order valence-electron chi connectivity index (χ2n) is 7.65. The lowest BCUT2D eigenvalue weighted by Crippen LogP contribution is -2.43. The molecule has 1 saturated heterocycles. The Morgan fingerprint density at radius 2 is 2.06 bits per heavy atom. The molecule has 2 N–H and O–H groups in total. The summed E-state index contributed by atoms with van der Waals surface area (Å²) in [6.07, 6.45) is 1.08. The standard InChI is InChI=1S/C21H22FN3O5S/c1-13-9-15(22)4-6-17(13)24-21(27)14-3-2-8-25(11-14)31(28,29)16-5-7-19-18(10-16)23-20(26)12-30-19/h4-7,9-10,14H,2-3,8,11-12H2,1H3,(H,23,26)(H,24,27). The molecule has 31 heavy (non-hydrogen) atoms. The zero-order valence-corrected chi connectivity index (χ0v) is 17.7. The first-order valence-corrected chi connectivity index (χ1v) is 11.3. The lowest BCUT2D eigenvalue weighted by Gasteiger charge is -2.31. The topological polar surface area (TPSA) is 105 Å². The molecule has 0 spiro atoms. The fourth-order valence-electron chi connectivity index (χ4n) is 3.75. The molecule has 0 bridgehead atoms. The van der Waals surface area contributed by atoms with Crippen LogP contribution in [0.4, 0.5) is 15.8 Å². The zero-order valence-electron chi connectivity index (χ0n) is 16.9. The highest BCUT2D eigenvalue weighted by Gasteiger charge is 2.34. The van der Waals surface area contributed by atoms with E-state index in [4.69, 9.17) is 4.74 Å². The van der Waals surface area contributed by atoms with Crippen molar-refractivity contribution in [1.29, 1.82) is 0 Å². The van der Waals surface area contributed by atoms with Gasteiger partial charge >= 0.3 is 0 Å². The van der Waals surface area contributed by atoms with Crippen molar-refractivity contribution in [3.8, 4) is 5.75 Å². The van der Waals surface area contributed by atoms with E-state index < -0.39 is 21.8 Å². The summed E-state index contributed by atoms with van der Waals surface area (Å²) in [4.78, 5) is 24.3. The maximum Gasteiger partial charge on any atom is 0.262 e. The molecule has 8 nitrogen and oxygen atoms in total. The van der Waals surface area contributed by atoms with E-state index in [-0.39, 0.29) is 29.9 Å². The molecule has 0 radical (unpaired) electrons. The number of amides is 2. The number of nitrogens with one attached hydrogen (secondary N) is 2. The molecule has 2 heterocycles. The van der Waals surface area contributed by atoms with Crippen LogP contribution in [0.15, 0.2) is 41.3 Å². The van der Waals surface area contributed by atoms with Gasteiger partial charge in [0.15, 0.2) is 6.61 Å². The number of rotatable bonds is 4. The Bertz CT molecular complexity index is 1150. The van der Waals surface area contributed by atoms with Gasteiger partial charge in [-0.1, -0.05) is 0 Å². The van der Waals surface area contributed by atoms with Crippen molar-refractivity contribution in [3.05, 3.63) is 47.8 Å². The second-order valence-corrected chi connectivity index (χ2v) is 9.58. The molecule has 0 aliphatic carbocycles. The number of piperidine rings is 1. The Kier molecular flexibility index (Phi) is 5.67. The number of hydrogen-bond donors (Lipinski definition) is 2. The number of hydrogen-bond acceptors (Lipinski definition) is 5. The van der Waals surface area contributed by atoms with Crippen LogP contribution in [-0.4, -0.2) is 44.2 Å². The molecule has 2 amide bonds. The number of sulfonamides is 1. The minimum atomic E-state index is -3.87. The Balaban J connectivity index is 1.50. The first-order valence-electron chi connectivity index (χ1n) is 9.88. The summed E-state index contributed by atoms with van der Waals surface area (Å²) in [6, 6.07) is 8.38. The third kappa shape index (κ3) is 4.40. The van der Waals surface area contributed by atoms with Crippen LogP contribution in [0.3, 0.4) is 0 Å². The monoisotopic (exact) mass is 447 g/mol. The normalized spacial score (nSPS) is 19.2. The molecule has 4 rings (SSSR count). The number of carbonyl (C=O) groups excluding carboxylic acids is 2. The number of ether oxygens (including phenoxy) is 1. The van der Waals surface area contributed by atoms with Crippen LogP contribution >= 0.6 is 0 Å². The third-order valence-electron chi connectivity index (χ3n) is 5.42. The van der Waals surface area contributed by atoms with Crippen LogP contribution < -0.4 is 15.4 Å². The summed E-state index contributed by atoms with van der Waals surface area (Å²) < 4.78 is 46.2. The lowest BCUT2D eigenvalue weighted by atomic mass is 9.98. The molecule has 10 heteroatoms. The smallest absolute Gasteiger partial charge is 0.262 e.